The summed E-state index contributed by atoms with van der Waals surface area (Å²) < 4.78 is 0. The molecule has 0 bridgehead atoms. The number of anilines is 1. The topological polar surface area (TPSA) is 70.7 Å². The van der Waals surface area contributed by atoms with E-state index >= 15 is 0 Å². The number of aryl methyl sites for hydroxylation is 1. The van der Waals surface area contributed by atoms with Gasteiger partial charge in [-0.1, -0.05) is 0 Å². The monoisotopic (exact) mass is 262 g/mol. The van der Waals surface area contributed by atoms with Crippen LogP contribution < -0.4 is 10.9 Å². The van der Waals surface area contributed by atoms with Gasteiger partial charge in [-0.05, 0) is 19.8 Å². The van der Waals surface area contributed by atoms with E-state index in [0.717, 1.165) is 23.7 Å². The van der Waals surface area contributed by atoms with Crippen molar-refractivity contribution in [3.63, 3.8) is 0 Å². The van der Waals surface area contributed by atoms with Crippen LogP contribution in [0, 0.1) is 6.92 Å². The molecule has 1 aliphatic rings. The Morgan fingerprint density at radius 1 is 1.56 bits per heavy atom. The molecule has 0 radical (unpaired) electrons. The van der Waals surface area contributed by atoms with E-state index in [1.54, 1.807) is 11.3 Å². The maximum Gasteiger partial charge on any atom is 0.252 e. The van der Waals surface area contributed by atoms with Gasteiger partial charge in [0.25, 0.3) is 5.56 Å². The highest BCUT2D eigenvalue weighted by atomic mass is 32.1. The summed E-state index contributed by atoms with van der Waals surface area (Å²) in [5.74, 6) is 1.88. The van der Waals surface area contributed by atoms with Crippen LogP contribution in [0.25, 0.3) is 0 Å². The zero-order chi connectivity index (χ0) is 12.5. The smallest absolute Gasteiger partial charge is 0.252 e. The molecule has 6 heteroatoms. The first-order chi connectivity index (χ1) is 8.70. The van der Waals surface area contributed by atoms with Crippen LogP contribution in [0.5, 0.6) is 0 Å². The van der Waals surface area contributed by atoms with Crippen molar-refractivity contribution in [1.82, 2.24) is 15.0 Å². The van der Waals surface area contributed by atoms with Gasteiger partial charge in [0, 0.05) is 23.1 Å². The molecular formula is C12H14N4OS. The minimum absolute atomic E-state index is 0.0929. The van der Waals surface area contributed by atoms with E-state index < -0.39 is 0 Å². The quantitative estimate of drug-likeness (QED) is 0.884. The predicted molar refractivity (Wildman–Crippen MR) is 71.0 cm³/mol. The van der Waals surface area contributed by atoms with Gasteiger partial charge in [0.1, 0.15) is 16.6 Å². The minimum atomic E-state index is -0.0929. The highest BCUT2D eigenvalue weighted by Crippen LogP contribution is 2.37. The van der Waals surface area contributed by atoms with E-state index in [2.05, 4.69) is 20.3 Å². The molecule has 0 aromatic carbocycles. The molecule has 1 aliphatic carbocycles. The number of H-pyrrole nitrogens is 1. The summed E-state index contributed by atoms with van der Waals surface area (Å²) in [5, 5.41) is 4.16. The third kappa shape index (κ3) is 2.59. The van der Waals surface area contributed by atoms with Gasteiger partial charge in [0.2, 0.25) is 0 Å². The van der Waals surface area contributed by atoms with E-state index in [1.807, 2.05) is 13.1 Å². The maximum absolute atomic E-state index is 11.5. The third-order valence-corrected chi connectivity index (χ3v) is 3.73. The molecule has 0 aliphatic heterocycles. The average molecular weight is 262 g/mol. The largest absolute Gasteiger partial charge is 0.363 e. The van der Waals surface area contributed by atoms with Crippen LogP contribution in [0.1, 0.15) is 34.5 Å². The summed E-state index contributed by atoms with van der Waals surface area (Å²) in [6.45, 7) is 2.64. The summed E-state index contributed by atoms with van der Waals surface area (Å²) in [5.41, 5.74) is -0.0929. The maximum atomic E-state index is 11.5. The standard InChI is InChI=1S/C12H14N4OS/c1-7-5-14-11(18-7)6-13-9-4-10(17)16-12(15-9)8-2-3-8/h4-5,8H,2-3,6H2,1H3,(H2,13,15,16,17). The lowest BCUT2D eigenvalue weighted by molar-refractivity contribution is 0.902. The molecule has 1 saturated carbocycles. The molecule has 2 aromatic rings. The molecule has 1 fully saturated rings. The van der Waals surface area contributed by atoms with Crippen LogP contribution in [-0.4, -0.2) is 15.0 Å². The van der Waals surface area contributed by atoms with Crippen molar-refractivity contribution < 1.29 is 0 Å². The molecule has 0 spiro atoms. The Balaban J connectivity index is 1.73. The number of nitrogens with one attached hydrogen (secondary N) is 2. The van der Waals surface area contributed by atoms with Crippen LogP contribution in [0.4, 0.5) is 5.82 Å². The predicted octanol–water partition coefficient (Wildman–Crippen LogP) is 2.02. The molecule has 2 aromatic heterocycles. The van der Waals surface area contributed by atoms with E-state index in [0.29, 0.717) is 18.3 Å². The third-order valence-electron chi connectivity index (χ3n) is 2.81. The van der Waals surface area contributed by atoms with Gasteiger partial charge in [-0.3, -0.25) is 4.79 Å². The summed E-state index contributed by atoms with van der Waals surface area (Å²) in [6.07, 6.45) is 4.10. The fourth-order valence-corrected chi connectivity index (χ4v) is 2.49. The Bertz CT molecular complexity index is 615. The lowest BCUT2D eigenvalue weighted by atomic mass is 10.4. The van der Waals surface area contributed by atoms with Crippen molar-refractivity contribution in [2.45, 2.75) is 32.2 Å². The highest BCUT2D eigenvalue weighted by Gasteiger charge is 2.26. The van der Waals surface area contributed by atoms with E-state index in [-0.39, 0.29) is 5.56 Å². The summed E-state index contributed by atoms with van der Waals surface area (Å²) in [6, 6.07) is 1.49. The Morgan fingerprint density at radius 3 is 3.06 bits per heavy atom. The van der Waals surface area contributed by atoms with Crippen molar-refractivity contribution in [3.05, 3.63) is 38.3 Å². The van der Waals surface area contributed by atoms with Crippen molar-refractivity contribution in [3.8, 4) is 0 Å². The van der Waals surface area contributed by atoms with Crippen molar-refractivity contribution in [1.29, 1.82) is 0 Å². The molecule has 3 rings (SSSR count). The molecule has 2 heterocycles. The van der Waals surface area contributed by atoms with Gasteiger partial charge in [0.15, 0.2) is 0 Å². The highest BCUT2D eigenvalue weighted by molar-refractivity contribution is 7.11. The molecule has 94 valence electrons. The summed E-state index contributed by atoms with van der Waals surface area (Å²) in [7, 11) is 0. The van der Waals surface area contributed by atoms with Crippen molar-refractivity contribution in [2.75, 3.05) is 5.32 Å². The zero-order valence-electron chi connectivity index (χ0n) is 10.1. The minimum Gasteiger partial charge on any atom is -0.363 e. The van der Waals surface area contributed by atoms with Gasteiger partial charge in [-0.15, -0.1) is 11.3 Å². The van der Waals surface area contributed by atoms with Crippen LogP contribution in [-0.2, 0) is 6.54 Å². The van der Waals surface area contributed by atoms with Gasteiger partial charge in [0.05, 0.1) is 6.54 Å². The number of nitrogens with zero attached hydrogens (tertiary/aromatic N) is 2. The molecule has 2 N–H and O–H groups in total. The van der Waals surface area contributed by atoms with Gasteiger partial charge < -0.3 is 10.3 Å². The SMILES string of the molecule is Cc1cnc(CNc2cc(=O)[nH]c(C3CC3)n2)s1. The average Bonchev–Trinajstić information content (AvgIpc) is 3.10. The second-order valence-corrected chi connectivity index (χ2v) is 5.83. The molecular weight excluding hydrogens is 248 g/mol. The summed E-state index contributed by atoms with van der Waals surface area (Å²) in [4.78, 5) is 24.2. The number of hydrogen-bond acceptors (Lipinski definition) is 5. The number of aromatic amines is 1. The first kappa shape index (κ1) is 11.4. The molecule has 0 unspecified atom stereocenters. The molecule has 0 atom stereocenters. The number of hydrogen-bond donors (Lipinski definition) is 2. The normalized spacial score (nSPS) is 14.7. The summed E-state index contributed by atoms with van der Waals surface area (Å²) >= 11 is 1.65. The fourth-order valence-electron chi connectivity index (χ4n) is 1.77. The number of aromatic nitrogens is 3. The molecule has 5 nitrogen and oxygen atoms in total. The van der Waals surface area contributed by atoms with Gasteiger partial charge >= 0.3 is 0 Å². The van der Waals surface area contributed by atoms with Crippen molar-refractivity contribution in [2.24, 2.45) is 0 Å². The molecule has 0 saturated heterocycles. The van der Waals surface area contributed by atoms with Crippen LogP contribution in [0.2, 0.25) is 0 Å². The van der Waals surface area contributed by atoms with Crippen LogP contribution >= 0.6 is 11.3 Å². The van der Waals surface area contributed by atoms with E-state index in [9.17, 15) is 4.79 Å². The Labute approximate surface area is 108 Å². The first-order valence-electron chi connectivity index (χ1n) is 5.97. The van der Waals surface area contributed by atoms with Crippen molar-refractivity contribution >= 4 is 17.2 Å². The number of thiazole rings is 1. The van der Waals surface area contributed by atoms with Crippen LogP contribution in [0.15, 0.2) is 17.1 Å². The number of rotatable bonds is 4. The van der Waals surface area contributed by atoms with Crippen LogP contribution in [0.3, 0.4) is 0 Å². The second-order valence-electron chi connectivity index (χ2n) is 4.51. The van der Waals surface area contributed by atoms with Gasteiger partial charge in [-0.2, -0.15) is 0 Å². The zero-order valence-corrected chi connectivity index (χ0v) is 10.9. The van der Waals surface area contributed by atoms with E-state index in [4.69, 9.17) is 0 Å². The molecule has 18 heavy (non-hydrogen) atoms. The molecule has 0 amide bonds. The van der Waals surface area contributed by atoms with Gasteiger partial charge in [-0.25, -0.2) is 9.97 Å². The van der Waals surface area contributed by atoms with E-state index in [1.165, 1.54) is 10.9 Å². The first-order valence-corrected chi connectivity index (χ1v) is 6.79. The lowest BCUT2D eigenvalue weighted by Crippen LogP contribution is -2.13. The fraction of sp³-hybridized carbons (Fsp3) is 0.417. The Morgan fingerprint density at radius 2 is 2.39 bits per heavy atom. The Kier molecular flexibility index (Phi) is 2.87. The second kappa shape index (κ2) is 4.53. The Hall–Kier alpha value is -1.69. The lowest BCUT2D eigenvalue weighted by Gasteiger charge is -2.04.